The van der Waals surface area contributed by atoms with Crippen LogP contribution in [0.25, 0.3) is 0 Å². The van der Waals surface area contributed by atoms with E-state index in [0.717, 1.165) is 56.7 Å². The van der Waals surface area contributed by atoms with Gasteiger partial charge in [0.15, 0.2) is 9.84 Å². The molecule has 6 nitrogen and oxygen atoms in total. The molecule has 0 N–H and O–H groups in total. The van der Waals surface area contributed by atoms with Crippen LogP contribution < -0.4 is 4.90 Å². The van der Waals surface area contributed by atoms with E-state index >= 15 is 0 Å². The van der Waals surface area contributed by atoms with Gasteiger partial charge >= 0.3 is 0 Å². The predicted octanol–water partition coefficient (Wildman–Crippen LogP) is 4.11. The van der Waals surface area contributed by atoms with Crippen molar-refractivity contribution in [1.29, 1.82) is 0 Å². The average Bonchev–Trinajstić information content (AvgIpc) is 3.67. The lowest BCUT2D eigenvalue weighted by molar-refractivity contribution is 0.103. The maximum Gasteiger partial charge on any atom is 0.225 e. The fourth-order valence-electron chi connectivity index (χ4n) is 5.07. The van der Waals surface area contributed by atoms with E-state index in [4.69, 9.17) is 4.74 Å². The highest BCUT2D eigenvalue weighted by Crippen LogP contribution is 2.48. The monoisotopic (exact) mass is 477 g/mol. The molecule has 1 aliphatic heterocycles. The van der Waals surface area contributed by atoms with Crippen molar-refractivity contribution in [1.82, 2.24) is 9.97 Å². The van der Waals surface area contributed by atoms with Crippen LogP contribution in [0.3, 0.4) is 0 Å². The Morgan fingerprint density at radius 3 is 2.27 bits per heavy atom. The van der Waals surface area contributed by atoms with Crippen molar-refractivity contribution in [3.05, 3.63) is 47.3 Å². The SMILES string of the molecule is CS(=O)(=O)c1c(F)cc(COCC2CC2C2CCN(c3ncc(C4CC4)cn3)CC2)cc1F. The standard InChI is InChI=1S/C24H29F2N3O3S/c1-33(30,31)23-21(25)8-15(9-22(23)26)13-32-14-18-10-20(18)17-4-6-29(7-5-17)24-27-11-19(12-28-24)16-2-3-16/h8-9,11-12,16-18,20H,2-7,10,13-14H2,1H3. The summed E-state index contributed by atoms with van der Waals surface area (Å²) in [7, 11) is -3.95. The second-order valence-electron chi connectivity index (χ2n) is 9.75. The number of halogens is 2. The van der Waals surface area contributed by atoms with E-state index in [1.54, 1.807) is 0 Å². The van der Waals surface area contributed by atoms with Gasteiger partial charge < -0.3 is 9.64 Å². The Morgan fingerprint density at radius 2 is 1.70 bits per heavy atom. The first-order valence-electron chi connectivity index (χ1n) is 11.6. The van der Waals surface area contributed by atoms with E-state index < -0.39 is 26.4 Å². The zero-order valence-electron chi connectivity index (χ0n) is 18.7. The number of benzene rings is 1. The Bertz CT molecular complexity index is 1090. The molecule has 1 aromatic heterocycles. The van der Waals surface area contributed by atoms with Gasteiger partial charge in [0.1, 0.15) is 16.5 Å². The van der Waals surface area contributed by atoms with Crippen molar-refractivity contribution in [2.75, 3.05) is 30.9 Å². The molecule has 178 valence electrons. The topological polar surface area (TPSA) is 72.4 Å². The van der Waals surface area contributed by atoms with E-state index in [0.29, 0.717) is 35.8 Å². The maximum atomic E-state index is 14.0. The smallest absolute Gasteiger partial charge is 0.225 e. The average molecular weight is 478 g/mol. The van der Waals surface area contributed by atoms with Crippen LogP contribution in [0, 0.1) is 29.4 Å². The summed E-state index contributed by atoms with van der Waals surface area (Å²) < 4.78 is 56.8. The van der Waals surface area contributed by atoms with Crippen LogP contribution in [-0.2, 0) is 21.2 Å². The van der Waals surface area contributed by atoms with Crippen LogP contribution in [-0.4, -0.2) is 44.3 Å². The van der Waals surface area contributed by atoms with Gasteiger partial charge in [-0.1, -0.05) is 0 Å². The molecular weight excluding hydrogens is 448 g/mol. The van der Waals surface area contributed by atoms with Gasteiger partial charge in [0.2, 0.25) is 5.95 Å². The van der Waals surface area contributed by atoms with Gasteiger partial charge in [0.25, 0.3) is 0 Å². The zero-order valence-corrected chi connectivity index (χ0v) is 19.5. The minimum absolute atomic E-state index is 0.0632. The van der Waals surface area contributed by atoms with Crippen LogP contribution in [0.4, 0.5) is 14.7 Å². The summed E-state index contributed by atoms with van der Waals surface area (Å²) >= 11 is 0. The van der Waals surface area contributed by atoms with Crippen LogP contribution in [0.2, 0.25) is 0 Å². The first kappa shape index (κ1) is 22.7. The number of sulfone groups is 1. The fraction of sp³-hybridized carbons (Fsp3) is 0.583. The highest BCUT2D eigenvalue weighted by atomic mass is 32.2. The molecule has 1 aromatic carbocycles. The molecule has 0 radical (unpaired) electrons. The van der Waals surface area contributed by atoms with E-state index in [2.05, 4.69) is 14.9 Å². The first-order valence-corrected chi connectivity index (χ1v) is 13.5. The predicted molar refractivity (Wildman–Crippen MR) is 120 cm³/mol. The fourth-order valence-corrected chi connectivity index (χ4v) is 5.89. The molecule has 2 atom stereocenters. The Labute approximate surface area is 193 Å². The van der Waals surface area contributed by atoms with Gasteiger partial charge in [0.05, 0.1) is 13.2 Å². The number of nitrogens with zero attached hydrogens (tertiary/aromatic N) is 3. The van der Waals surface area contributed by atoms with Gasteiger partial charge in [-0.15, -0.1) is 0 Å². The van der Waals surface area contributed by atoms with Gasteiger partial charge in [0, 0.05) is 31.7 Å². The third kappa shape index (κ3) is 5.19. The number of piperidine rings is 1. The minimum atomic E-state index is -3.95. The third-order valence-corrected chi connectivity index (χ3v) is 8.27. The molecule has 2 unspecified atom stereocenters. The van der Waals surface area contributed by atoms with Crippen LogP contribution in [0.15, 0.2) is 29.4 Å². The molecule has 3 fully saturated rings. The summed E-state index contributed by atoms with van der Waals surface area (Å²) in [6.07, 6.45) is 10.6. The lowest BCUT2D eigenvalue weighted by Crippen LogP contribution is -2.35. The zero-order chi connectivity index (χ0) is 23.2. The van der Waals surface area contributed by atoms with E-state index in [-0.39, 0.29) is 6.61 Å². The summed E-state index contributed by atoms with van der Waals surface area (Å²) in [4.78, 5) is 10.5. The summed E-state index contributed by atoms with van der Waals surface area (Å²) in [5, 5.41) is 0. The molecule has 3 aliphatic rings. The molecular formula is C24H29F2N3O3S. The molecule has 5 rings (SSSR count). The molecule has 33 heavy (non-hydrogen) atoms. The van der Waals surface area contributed by atoms with Gasteiger partial charge in [-0.3, -0.25) is 0 Å². The Kier molecular flexibility index (Phi) is 6.11. The molecule has 1 saturated heterocycles. The maximum absolute atomic E-state index is 14.0. The second kappa shape index (κ2) is 8.91. The lowest BCUT2D eigenvalue weighted by Gasteiger charge is -2.32. The summed E-state index contributed by atoms with van der Waals surface area (Å²) in [6, 6.07) is 2.08. The molecule has 2 aromatic rings. The van der Waals surface area contributed by atoms with Crippen LogP contribution >= 0.6 is 0 Å². The highest BCUT2D eigenvalue weighted by molar-refractivity contribution is 7.90. The number of hydrogen-bond donors (Lipinski definition) is 0. The van der Waals surface area contributed by atoms with Crippen molar-refractivity contribution in [3.63, 3.8) is 0 Å². The van der Waals surface area contributed by atoms with Crippen molar-refractivity contribution < 1.29 is 21.9 Å². The lowest BCUT2D eigenvalue weighted by atomic mass is 9.91. The Morgan fingerprint density at radius 1 is 1.06 bits per heavy atom. The van der Waals surface area contributed by atoms with E-state index in [1.807, 2.05) is 12.4 Å². The highest BCUT2D eigenvalue weighted by Gasteiger charge is 2.43. The Balaban J connectivity index is 1.06. The summed E-state index contributed by atoms with van der Waals surface area (Å²) in [5.41, 5.74) is 1.56. The van der Waals surface area contributed by atoms with Crippen molar-refractivity contribution in [2.24, 2.45) is 17.8 Å². The molecule has 2 saturated carbocycles. The number of aromatic nitrogens is 2. The molecule has 9 heteroatoms. The summed E-state index contributed by atoms with van der Waals surface area (Å²) in [5.74, 6) is 1.12. The normalized spacial score (nSPS) is 23.7. The van der Waals surface area contributed by atoms with E-state index in [9.17, 15) is 17.2 Å². The molecule has 2 aliphatic carbocycles. The third-order valence-electron chi connectivity index (χ3n) is 7.14. The van der Waals surface area contributed by atoms with Crippen molar-refractivity contribution in [3.8, 4) is 0 Å². The number of hydrogen-bond acceptors (Lipinski definition) is 6. The van der Waals surface area contributed by atoms with Crippen molar-refractivity contribution >= 4 is 15.8 Å². The van der Waals surface area contributed by atoms with Gasteiger partial charge in [-0.25, -0.2) is 27.2 Å². The van der Waals surface area contributed by atoms with Gasteiger partial charge in [-0.05, 0) is 79.0 Å². The van der Waals surface area contributed by atoms with E-state index in [1.165, 1.54) is 18.4 Å². The summed E-state index contributed by atoms with van der Waals surface area (Å²) in [6.45, 7) is 2.53. The largest absolute Gasteiger partial charge is 0.376 e. The number of anilines is 1. The molecule has 0 bridgehead atoms. The number of rotatable bonds is 8. The van der Waals surface area contributed by atoms with Crippen LogP contribution in [0.1, 0.15) is 49.1 Å². The Hall–Kier alpha value is -2.13. The number of ether oxygens (including phenoxy) is 1. The minimum Gasteiger partial charge on any atom is -0.376 e. The van der Waals surface area contributed by atoms with Gasteiger partial charge in [-0.2, -0.15) is 0 Å². The second-order valence-corrected chi connectivity index (χ2v) is 11.7. The quantitative estimate of drug-likeness (QED) is 0.570. The van der Waals surface area contributed by atoms with Crippen LogP contribution in [0.5, 0.6) is 0 Å². The molecule has 2 heterocycles. The molecule has 0 amide bonds. The first-order chi connectivity index (χ1) is 15.8. The van der Waals surface area contributed by atoms with Crippen molar-refractivity contribution in [2.45, 2.75) is 49.5 Å². The molecule has 0 spiro atoms.